The second-order valence-corrected chi connectivity index (χ2v) is 8.47. The molecule has 10 heteroatoms. The molecule has 178 valence electrons. The van der Waals surface area contributed by atoms with Gasteiger partial charge in [-0.05, 0) is 31.0 Å². The van der Waals surface area contributed by atoms with Gasteiger partial charge < -0.3 is 16.0 Å². The van der Waals surface area contributed by atoms with Crippen molar-refractivity contribution in [3.8, 4) is 11.3 Å². The maximum Gasteiger partial charge on any atom is 0.254 e. The van der Waals surface area contributed by atoms with E-state index in [-0.39, 0.29) is 36.4 Å². The Kier molecular flexibility index (Phi) is 8.42. The van der Waals surface area contributed by atoms with Crippen LogP contribution in [0.25, 0.3) is 11.3 Å². The largest absolute Gasteiger partial charge is 0.352 e. The Hall–Kier alpha value is -3.66. The lowest BCUT2D eigenvalue weighted by molar-refractivity contribution is -0.119. The molecule has 0 saturated carbocycles. The standard InChI is InChI=1S/C24H24F2N4O3S/c1-14(28-15(2)31)16-5-7-17(8-6-16)21-13-34-24(29-21)30-22(32)4-3-11-27-23(33)19-10-9-18(25)12-20(19)26/h5-10,12-14H,3-4,11H2,1-2H3,(H,27,33)(H,28,31)(H,29,30,32). The van der Waals surface area contributed by atoms with Crippen molar-refractivity contribution in [2.75, 3.05) is 11.9 Å². The van der Waals surface area contributed by atoms with Gasteiger partial charge >= 0.3 is 0 Å². The molecule has 3 amide bonds. The molecule has 3 N–H and O–H groups in total. The van der Waals surface area contributed by atoms with Crippen LogP contribution < -0.4 is 16.0 Å². The Labute approximate surface area is 199 Å². The number of halogens is 2. The summed E-state index contributed by atoms with van der Waals surface area (Å²) in [5.74, 6) is -2.72. The molecule has 0 aliphatic rings. The number of anilines is 1. The number of benzene rings is 2. The van der Waals surface area contributed by atoms with Gasteiger partial charge in [0.25, 0.3) is 5.91 Å². The van der Waals surface area contributed by atoms with Gasteiger partial charge in [-0.15, -0.1) is 11.3 Å². The lowest BCUT2D eigenvalue weighted by atomic mass is 10.1. The van der Waals surface area contributed by atoms with Crippen LogP contribution in [0.4, 0.5) is 13.9 Å². The van der Waals surface area contributed by atoms with Crippen molar-refractivity contribution in [2.24, 2.45) is 0 Å². The minimum atomic E-state index is -0.938. The molecule has 0 saturated heterocycles. The molecule has 0 bridgehead atoms. The number of hydrogen-bond donors (Lipinski definition) is 3. The highest BCUT2D eigenvalue weighted by molar-refractivity contribution is 7.14. The predicted molar refractivity (Wildman–Crippen MR) is 126 cm³/mol. The van der Waals surface area contributed by atoms with Crippen LogP contribution in [0.2, 0.25) is 0 Å². The highest BCUT2D eigenvalue weighted by Gasteiger charge is 2.13. The van der Waals surface area contributed by atoms with Crippen molar-refractivity contribution in [3.63, 3.8) is 0 Å². The van der Waals surface area contributed by atoms with E-state index in [9.17, 15) is 23.2 Å². The SMILES string of the molecule is CC(=O)NC(C)c1ccc(-c2csc(NC(=O)CCCNC(=O)c3ccc(F)cc3F)n2)cc1. The Bertz CT molecular complexity index is 1180. The minimum Gasteiger partial charge on any atom is -0.352 e. The Morgan fingerprint density at radius 3 is 2.50 bits per heavy atom. The second kappa shape index (κ2) is 11.5. The van der Waals surface area contributed by atoms with E-state index in [0.717, 1.165) is 23.3 Å². The Morgan fingerprint density at radius 1 is 1.09 bits per heavy atom. The first-order valence-corrected chi connectivity index (χ1v) is 11.5. The number of rotatable bonds is 9. The van der Waals surface area contributed by atoms with E-state index in [1.165, 1.54) is 18.3 Å². The molecule has 0 radical (unpaired) electrons. The fourth-order valence-electron chi connectivity index (χ4n) is 3.20. The van der Waals surface area contributed by atoms with Crippen LogP contribution in [0.3, 0.4) is 0 Å². The third-order valence-corrected chi connectivity index (χ3v) is 5.68. The molecule has 1 unspecified atom stereocenters. The van der Waals surface area contributed by atoms with Gasteiger partial charge in [0.15, 0.2) is 5.13 Å². The van der Waals surface area contributed by atoms with Crippen LogP contribution in [0.1, 0.15) is 48.7 Å². The summed E-state index contributed by atoms with van der Waals surface area (Å²) in [6.07, 6.45) is 0.476. The number of hydrogen-bond acceptors (Lipinski definition) is 5. The zero-order chi connectivity index (χ0) is 24.7. The van der Waals surface area contributed by atoms with Crippen LogP contribution in [0.15, 0.2) is 47.8 Å². The zero-order valence-electron chi connectivity index (χ0n) is 18.7. The lowest BCUT2D eigenvalue weighted by Gasteiger charge is -2.13. The highest BCUT2D eigenvalue weighted by atomic mass is 32.1. The first-order valence-electron chi connectivity index (χ1n) is 10.6. The first kappa shape index (κ1) is 25.0. The highest BCUT2D eigenvalue weighted by Crippen LogP contribution is 2.26. The van der Waals surface area contributed by atoms with E-state index in [1.807, 2.05) is 36.6 Å². The smallest absolute Gasteiger partial charge is 0.254 e. The summed E-state index contributed by atoms with van der Waals surface area (Å²) in [4.78, 5) is 39.8. The predicted octanol–water partition coefficient (Wildman–Crippen LogP) is 4.43. The van der Waals surface area contributed by atoms with Crippen molar-refractivity contribution >= 4 is 34.2 Å². The number of thiazole rings is 1. The number of nitrogens with zero attached hydrogens (tertiary/aromatic N) is 1. The summed E-state index contributed by atoms with van der Waals surface area (Å²) >= 11 is 1.29. The lowest BCUT2D eigenvalue weighted by Crippen LogP contribution is -2.26. The van der Waals surface area contributed by atoms with Crippen molar-refractivity contribution in [1.82, 2.24) is 15.6 Å². The summed E-state index contributed by atoms with van der Waals surface area (Å²) in [6.45, 7) is 3.54. The normalized spacial score (nSPS) is 11.5. The summed E-state index contributed by atoms with van der Waals surface area (Å²) < 4.78 is 26.6. The van der Waals surface area contributed by atoms with E-state index < -0.39 is 17.5 Å². The van der Waals surface area contributed by atoms with Gasteiger partial charge in [-0.2, -0.15) is 0 Å². The Morgan fingerprint density at radius 2 is 1.82 bits per heavy atom. The first-order chi connectivity index (χ1) is 16.2. The molecule has 0 fully saturated rings. The summed E-state index contributed by atoms with van der Waals surface area (Å²) in [5.41, 5.74) is 2.31. The van der Waals surface area contributed by atoms with Crippen LogP contribution in [-0.2, 0) is 9.59 Å². The van der Waals surface area contributed by atoms with E-state index >= 15 is 0 Å². The molecule has 2 aromatic carbocycles. The maximum absolute atomic E-state index is 13.6. The molecule has 3 rings (SSSR count). The van der Waals surface area contributed by atoms with Crippen LogP contribution >= 0.6 is 11.3 Å². The van der Waals surface area contributed by atoms with Crippen molar-refractivity contribution in [2.45, 2.75) is 32.7 Å². The molecular weight excluding hydrogens is 462 g/mol. The van der Waals surface area contributed by atoms with Gasteiger partial charge in [0.1, 0.15) is 11.6 Å². The number of carbonyl (C=O) groups excluding carboxylic acids is 3. The second-order valence-electron chi connectivity index (χ2n) is 7.61. The van der Waals surface area contributed by atoms with Gasteiger partial charge in [-0.1, -0.05) is 24.3 Å². The molecule has 7 nitrogen and oxygen atoms in total. The quantitative estimate of drug-likeness (QED) is 0.390. The molecular formula is C24H24F2N4O3S. The van der Waals surface area contributed by atoms with Gasteiger partial charge in [-0.3, -0.25) is 14.4 Å². The van der Waals surface area contributed by atoms with Gasteiger partial charge in [0.05, 0.1) is 17.3 Å². The van der Waals surface area contributed by atoms with Crippen molar-refractivity contribution in [3.05, 3.63) is 70.6 Å². The van der Waals surface area contributed by atoms with Gasteiger partial charge in [0.2, 0.25) is 11.8 Å². The number of aromatic nitrogens is 1. The number of nitrogens with one attached hydrogen (secondary N) is 3. The molecule has 0 spiro atoms. The molecule has 3 aromatic rings. The maximum atomic E-state index is 13.6. The summed E-state index contributed by atoms with van der Waals surface area (Å²) in [7, 11) is 0. The molecule has 1 heterocycles. The fraction of sp³-hybridized carbons (Fsp3) is 0.250. The number of amides is 3. The van der Waals surface area contributed by atoms with E-state index in [1.54, 1.807) is 0 Å². The molecule has 0 aliphatic carbocycles. The average Bonchev–Trinajstić information content (AvgIpc) is 3.24. The van der Waals surface area contributed by atoms with Gasteiger partial charge in [-0.25, -0.2) is 13.8 Å². The molecule has 1 atom stereocenters. The summed E-state index contributed by atoms with van der Waals surface area (Å²) in [5, 5.41) is 10.3. The van der Waals surface area contributed by atoms with Crippen LogP contribution in [0.5, 0.6) is 0 Å². The third kappa shape index (κ3) is 6.92. The molecule has 0 aliphatic heterocycles. The molecule has 34 heavy (non-hydrogen) atoms. The van der Waals surface area contributed by atoms with Crippen molar-refractivity contribution in [1.29, 1.82) is 0 Å². The van der Waals surface area contributed by atoms with Gasteiger partial charge in [0, 0.05) is 36.9 Å². The molecule has 1 aromatic heterocycles. The fourth-order valence-corrected chi connectivity index (χ4v) is 3.93. The Balaban J connectivity index is 1.45. The summed E-state index contributed by atoms with van der Waals surface area (Å²) in [6, 6.07) is 10.3. The van der Waals surface area contributed by atoms with Crippen molar-refractivity contribution < 1.29 is 23.2 Å². The minimum absolute atomic E-state index is 0.0967. The monoisotopic (exact) mass is 486 g/mol. The zero-order valence-corrected chi connectivity index (χ0v) is 19.5. The van der Waals surface area contributed by atoms with E-state index in [0.29, 0.717) is 23.3 Å². The van der Waals surface area contributed by atoms with Crippen LogP contribution in [0, 0.1) is 11.6 Å². The van der Waals surface area contributed by atoms with E-state index in [4.69, 9.17) is 0 Å². The number of carbonyl (C=O) groups is 3. The topological polar surface area (TPSA) is 100 Å². The van der Waals surface area contributed by atoms with Crippen LogP contribution in [-0.4, -0.2) is 29.3 Å². The van der Waals surface area contributed by atoms with E-state index in [2.05, 4.69) is 20.9 Å². The average molecular weight is 487 g/mol. The third-order valence-electron chi connectivity index (χ3n) is 4.92.